The molecule has 1 aromatic rings. The normalized spacial score (nSPS) is 24.4. The number of aryl methyl sites for hydroxylation is 1. The van der Waals surface area contributed by atoms with Crippen LogP contribution < -0.4 is 5.73 Å². The van der Waals surface area contributed by atoms with E-state index in [4.69, 9.17) is 17.3 Å². The quantitative estimate of drug-likeness (QED) is 0.835. The summed E-state index contributed by atoms with van der Waals surface area (Å²) in [5.41, 5.74) is 5.83. The predicted molar refractivity (Wildman–Crippen MR) is 69.0 cm³/mol. The van der Waals surface area contributed by atoms with E-state index < -0.39 is 5.41 Å². The van der Waals surface area contributed by atoms with Crippen LogP contribution in [-0.4, -0.2) is 33.9 Å². The number of amides is 1. The molecule has 2 heterocycles. The summed E-state index contributed by atoms with van der Waals surface area (Å²) < 4.78 is 0. The third-order valence-corrected chi connectivity index (χ3v) is 3.58. The van der Waals surface area contributed by atoms with E-state index in [1.165, 1.54) is 0 Å². The van der Waals surface area contributed by atoms with Crippen molar-refractivity contribution in [2.75, 3.05) is 13.1 Å². The lowest BCUT2D eigenvalue weighted by Crippen LogP contribution is -2.37. The highest BCUT2D eigenvalue weighted by Crippen LogP contribution is 2.30. The lowest BCUT2D eigenvalue weighted by atomic mass is 9.89. The number of hydrogen-bond acceptors (Lipinski definition) is 4. The zero-order valence-corrected chi connectivity index (χ0v) is 11.4. The van der Waals surface area contributed by atoms with Crippen molar-refractivity contribution >= 4 is 17.5 Å². The fourth-order valence-electron chi connectivity index (χ4n) is 2.25. The molecule has 1 unspecified atom stereocenters. The summed E-state index contributed by atoms with van der Waals surface area (Å²) in [7, 11) is 0. The third-order valence-electron chi connectivity index (χ3n) is 3.38. The first-order chi connectivity index (χ1) is 8.39. The Morgan fingerprint density at radius 1 is 1.61 bits per heavy atom. The van der Waals surface area contributed by atoms with Crippen LogP contribution in [0.15, 0.2) is 6.07 Å². The molecule has 1 aromatic heterocycles. The molecule has 2 rings (SSSR count). The van der Waals surface area contributed by atoms with E-state index in [2.05, 4.69) is 14.9 Å². The van der Waals surface area contributed by atoms with Crippen LogP contribution in [0.1, 0.15) is 24.9 Å². The van der Waals surface area contributed by atoms with Gasteiger partial charge in [-0.1, -0.05) is 11.6 Å². The topological polar surface area (TPSA) is 72.1 Å². The molecule has 1 amide bonds. The van der Waals surface area contributed by atoms with Gasteiger partial charge in [-0.05, 0) is 32.9 Å². The summed E-state index contributed by atoms with van der Waals surface area (Å²) in [6, 6.07) is 1.72. The predicted octanol–water partition coefficient (Wildman–Crippen LogP) is 1.14. The van der Waals surface area contributed by atoms with Crippen molar-refractivity contribution in [2.45, 2.75) is 26.8 Å². The zero-order valence-electron chi connectivity index (χ0n) is 10.6. The Hall–Kier alpha value is -1.20. The largest absolute Gasteiger partial charge is 0.369 e. The molecule has 0 bridgehead atoms. The third kappa shape index (κ3) is 2.79. The minimum absolute atomic E-state index is 0.242. The number of primary amides is 1. The number of nitrogens with zero attached hydrogens (tertiary/aromatic N) is 3. The van der Waals surface area contributed by atoms with Crippen LogP contribution in [0, 0.1) is 12.3 Å². The van der Waals surface area contributed by atoms with Crippen LogP contribution in [-0.2, 0) is 11.3 Å². The standard InChI is InChI=1S/C12H17ClN4O/c1-8-5-9(13)16-10(15-8)6-17-4-3-12(2,7-17)11(14)18/h5H,3-4,6-7H2,1-2H3,(H2,14,18). The molecular formula is C12H17ClN4O. The second-order valence-electron chi connectivity index (χ2n) is 5.13. The zero-order chi connectivity index (χ0) is 13.3. The lowest BCUT2D eigenvalue weighted by molar-refractivity contribution is -0.126. The van der Waals surface area contributed by atoms with E-state index in [-0.39, 0.29) is 5.91 Å². The van der Waals surface area contributed by atoms with Crippen molar-refractivity contribution in [3.8, 4) is 0 Å². The number of likely N-dealkylation sites (tertiary alicyclic amines) is 1. The van der Waals surface area contributed by atoms with Gasteiger partial charge in [-0.25, -0.2) is 9.97 Å². The molecule has 0 aliphatic carbocycles. The van der Waals surface area contributed by atoms with E-state index in [0.717, 1.165) is 18.7 Å². The SMILES string of the molecule is Cc1cc(Cl)nc(CN2CCC(C)(C(N)=O)C2)n1. The first-order valence-electron chi connectivity index (χ1n) is 5.91. The van der Waals surface area contributed by atoms with Gasteiger partial charge in [0.2, 0.25) is 5.91 Å². The van der Waals surface area contributed by atoms with Gasteiger partial charge in [0, 0.05) is 12.2 Å². The van der Waals surface area contributed by atoms with E-state index in [1.807, 2.05) is 13.8 Å². The molecule has 1 saturated heterocycles. The van der Waals surface area contributed by atoms with Crippen molar-refractivity contribution in [3.05, 3.63) is 22.7 Å². The van der Waals surface area contributed by atoms with Crippen molar-refractivity contribution in [2.24, 2.45) is 11.1 Å². The number of nitrogens with two attached hydrogens (primary N) is 1. The molecule has 2 N–H and O–H groups in total. The van der Waals surface area contributed by atoms with Gasteiger partial charge in [-0.15, -0.1) is 0 Å². The molecule has 18 heavy (non-hydrogen) atoms. The van der Waals surface area contributed by atoms with Gasteiger partial charge in [0.05, 0.1) is 12.0 Å². The number of aromatic nitrogens is 2. The Labute approximate surface area is 111 Å². The van der Waals surface area contributed by atoms with Gasteiger partial charge in [0.15, 0.2) is 0 Å². The first kappa shape index (κ1) is 13.2. The summed E-state index contributed by atoms with van der Waals surface area (Å²) in [6.07, 6.45) is 0.780. The molecule has 0 radical (unpaired) electrons. The molecule has 1 aliphatic heterocycles. The van der Waals surface area contributed by atoms with Gasteiger partial charge >= 0.3 is 0 Å². The average molecular weight is 269 g/mol. The highest BCUT2D eigenvalue weighted by molar-refractivity contribution is 6.29. The molecule has 1 fully saturated rings. The van der Waals surface area contributed by atoms with Crippen molar-refractivity contribution in [1.29, 1.82) is 0 Å². The second kappa shape index (κ2) is 4.82. The second-order valence-corrected chi connectivity index (χ2v) is 5.52. The fourth-order valence-corrected chi connectivity index (χ4v) is 2.51. The number of carbonyl (C=O) groups excluding carboxylic acids is 1. The van der Waals surface area contributed by atoms with Crippen molar-refractivity contribution in [1.82, 2.24) is 14.9 Å². The van der Waals surface area contributed by atoms with Crippen LogP contribution in [0.25, 0.3) is 0 Å². The average Bonchev–Trinajstić information content (AvgIpc) is 2.60. The molecule has 5 nitrogen and oxygen atoms in total. The van der Waals surface area contributed by atoms with Gasteiger partial charge < -0.3 is 5.73 Å². The molecule has 6 heteroatoms. The molecule has 0 saturated carbocycles. The smallest absolute Gasteiger partial charge is 0.224 e. The van der Waals surface area contributed by atoms with E-state index >= 15 is 0 Å². The Kier molecular flexibility index (Phi) is 3.54. The summed E-state index contributed by atoms with van der Waals surface area (Å²) >= 11 is 5.90. The van der Waals surface area contributed by atoms with Crippen molar-refractivity contribution < 1.29 is 4.79 Å². The Bertz CT molecular complexity index is 459. The van der Waals surface area contributed by atoms with Crippen LogP contribution >= 0.6 is 11.6 Å². The van der Waals surface area contributed by atoms with E-state index in [9.17, 15) is 4.79 Å². The van der Waals surface area contributed by atoms with Gasteiger partial charge in [-0.3, -0.25) is 9.69 Å². The maximum Gasteiger partial charge on any atom is 0.224 e. The maximum atomic E-state index is 11.4. The summed E-state index contributed by atoms with van der Waals surface area (Å²) in [5, 5.41) is 0.453. The first-order valence-corrected chi connectivity index (χ1v) is 6.29. The van der Waals surface area contributed by atoms with E-state index in [1.54, 1.807) is 6.07 Å². The lowest BCUT2D eigenvalue weighted by Gasteiger charge is -2.20. The summed E-state index contributed by atoms with van der Waals surface area (Å²) in [6.45, 7) is 5.86. The minimum Gasteiger partial charge on any atom is -0.369 e. The van der Waals surface area contributed by atoms with Crippen molar-refractivity contribution in [3.63, 3.8) is 0 Å². The van der Waals surface area contributed by atoms with Gasteiger partial charge in [0.25, 0.3) is 0 Å². The van der Waals surface area contributed by atoms with E-state index in [0.29, 0.717) is 24.1 Å². The van der Waals surface area contributed by atoms with Crippen LogP contribution in [0.3, 0.4) is 0 Å². The number of halogens is 1. The fraction of sp³-hybridized carbons (Fsp3) is 0.583. The molecule has 0 aromatic carbocycles. The van der Waals surface area contributed by atoms with Crippen LogP contribution in [0.2, 0.25) is 5.15 Å². The van der Waals surface area contributed by atoms with Crippen LogP contribution in [0.5, 0.6) is 0 Å². The Balaban J connectivity index is 2.06. The molecular weight excluding hydrogens is 252 g/mol. The Morgan fingerprint density at radius 3 is 2.89 bits per heavy atom. The van der Waals surface area contributed by atoms with Gasteiger partial charge in [0.1, 0.15) is 11.0 Å². The summed E-state index contributed by atoms with van der Waals surface area (Å²) in [4.78, 5) is 22.0. The highest BCUT2D eigenvalue weighted by Gasteiger charge is 2.38. The minimum atomic E-state index is -0.437. The Morgan fingerprint density at radius 2 is 2.33 bits per heavy atom. The van der Waals surface area contributed by atoms with Gasteiger partial charge in [-0.2, -0.15) is 0 Å². The monoisotopic (exact) mass is 268 g/mol. The molecule has 98 valence electrons. The number of hydrogen-bond donors (Lipinski definition) is 1. The molecule has 1 aliphatic rings. The number of rotatable bonds is 3. The summed E-state index contributed by atoms with van der Waals surface area (Å²) in [5.74, 6) is 0.446. The number of carbonyl (C=O) groups is 1. The van der Waals surface area contributed by atoms with Crippen LogP contribution in [0.4, 0.5) is 0 Å². The molecule has 1 atom stereocenters. The maximum absolute atomic E-state index is 11.4. The highest BCUT2D eigenvalue weighted by atomic mass is 35.5. The molecule has 0 spiro atoms.